The highest BCUT2D eigenvalue weighted by Gasteiger charge is 2.40. The second-order valence-corrected chi connectivity index (χ2v) is 9.96. The number of pyridine rings is 1. The molecule has 6 nitrogen and oxygen atoms in total. The Hall–Kier alpha value is -3.35. The number of amides is 2. The van der Waals surface area contributed by atoms with Crippen LogP contribution in [0.15, 0.2) is 66.9 Å². The average molecular weight is 521 g/mol. The largest absolute Gasteiger partial charge is 0.357 e. The Kier molecular flexibility index (Phi) is 6.73. The van der Waals surface area contributed by atoms with Gasteiger partial charge in [-0.2, -0.15) is 5.10 Å². The molecule has 0 radical (unpaired) electrons. The number of nitrogens with one attached hydrogen (secondary N) is 2. The van der Waals surface area contributed by atoms with Crippen molar-refractivity contribution in [2.75, 3.05) is 7.05 Å². The molecular weight excluding hydrogens is 495 g/mol. The Balaban J connectivity index is 1.64. The average Bonchev–Trinajstić information content (AvgIpc) is 3.33. The van der Waals surface area contributed by atoms with Crippen LogP contribution in [0.1, 0.15) is 42.5 Å². The van der Waals surface area contributed by atoms with Gasteiger partial charge in [0.2, 0.25) is 5.91 Å². The first kappa shape index (κ1) is 24.3. The van der Waals surface area contributed by atoms with Crippen LogP contribution in [0.5, 0.6) is 0 Å². The monoisotopic (exact) mass is 520 g/mol. The van der Waals surface area contributed by atoms with Gasteiger partial charge < -0.3 is 10.6 Å². The third-order valence-corrected chi connectivity index (χ3v) is 7.51. The Morgan fingerprint density at radius 2 is 1.64 bits per heavy atom. The predicted octanol–water partition coefficient (Wildman–Crippen LogP) is 6.15. The van der Waals surface area contributed by atoms with E-state index in [1.54, 1.807) is 17.8 Å². The van der Waals surface area contributed by atoms with Crippen molar-refractivity contribution < 1.29 is 9.59 Å². The molecule has 1 aliphatic carbocycles. The Morgan fingerprint density at radius 1 is 0.917 bits per heavy atom. The minimum atomic E-state index is -0.908. The van der Waals surface area contributed by atoms with Gasteiger partial charge in [-0.05, 0) is 43.2 Å². The number of carbonyl (C=O) groups excluding carboxylic acids is 2. The van der Waals surface area contributed by atoms with Crippen molar-refractivity contribution in [3.63, 3.8) is 0 Å². The van der Waals surface area contributed by atoms with Gasteiger partial charge in [-0.3, -0.25) is 9.59 Å². The van der Waals surface area contributed by atoms with E-state index >= 15 is 0 Å². The molecule has 4 aromatic rings. The third-order valence-electron chi connectivity index (χ3n) is 6.93. The van der Waals surface area contributed by atoms with Crippen LogP contribution >= 0.6 is 23.2 Å². The summed E-state index contributed by atoms with van der Waals surface area (Å²) < 4.78 is 1.75. The Bertz CT molecular complexity index is 1440. The molecule has 2 N–H and O–H groups in total. The molecule has 2 amide bonds. The summed E-state index contributed by atoms with van der Waals surface area (Å²) in [7, 11) is 1.61. The highest BCUT2D eigenvalue weighted by atomic mass is 35.5. The van der Waals surface area contributed by atoms with Crippen LogP contribution in [-0.4, -0.2) is 34.0 Å². The van der Waals surface area contributed by atoms with Gasteiger partial charge in [-0.15, -0.1) is 0 Å². The summed E-state index contributed by atoms with van der Waals surface area (Å²) in [6.45, 7) is 0. The lowest BCUT2D eigenvalue weighted by Gasteiger charge is -2.36. The summed E-state index contributed by atoms with van der Waals surface area (Å²) in [5.41, 5.74) is 3.53. The van der Waals surface area contributed by atoms with E-state index in [0.717, 1.165) is 41.6 Å². The zero-order valence-electron chi connectivity index (χ0n) is 19.9. The van der Waals surface area contributed by atoms with Gasteiger partial charge in [0.1, 0.15) is 5.54 Å². The topological polar surface area (TPSA) is 75.5 Å². The molecule has 8 heteroatoms. The van der Waals surface area contributed by atoms with Crippen LogP contribution in [0.3, 0.4) is 0 Å². The smallest absolute Gasteiger partial charge is 0.255 e. The van der Waals surface area contributed by atoms with E-state index < -0.39 is 5.54 Å². The lowest BCUT2D eigenvalue weighted by atomic mass is 9.80. The number of halogens is 2. The predicted molar refractivity (Wildman–Crippen MR) is 143 cm³/mol. The van der Waals surface area contributed by atoms with Crippen molar-refractivity contribution >= 4 is 40.5 Å². The summed E-state index contributed by atoms with van der Waals surface area (Å²) in [5.74, 6) is -0.474. The number of nitrogens with zero attached hydrogens (tertiary/aromatic N) is 2. The van der Waals surface area contributed by atoms with Crippen molar-refractivity contribution in [3.8, 4) is 22.4 Å². The highest BCUT2D eigenvalue weighted by Crippen LogP contribution is 2.37. The summed E-state index contributed by atoms with van der Waals surface area (Å²) in [4.78, 5) is 26.3. The molecule has 0 unspecified atom stereocenters. The maximum Gasteiger partial charge on any atom is 0.255 e. The van der Waals surface area contributed by atoms with E-state index in [1.807, 2.05) is 60.7 Å². The minimum Gasteiger partial charge on any atom is -0.357 e. The van der Waals surface area contributed by atoms with Crippen LogP contribution in [-0.2, 0) is 4.79 Å². The van der Waals surface area contributed by atoms with E-state index in [2.05, 4.69) is 15.7 Å². The van der Waals surface area contributed by atoms with Gasteiger partial charge in [0.15, 0.2) is 0 Å². The third kappa shape index (κ3) is 4.36. The van der Waals surface area contributed by atoms with Crippen molar-refractivity contribution in [1.82, 2.24) is 20.2 Å². The summed E-state index contributed by atoms with van der Waals surface area (Å²) in [6, 6.07) is 18.9. The molecule has 0 aliphatic heterocycles. The van der Waals surface area contributed by atoms with Crippen LogP contribution in [0.2, 0.25) is 10.0 Å². The van der Waals surface area contributed by atoms with E-state index in [4.69, 9.17) is 23.2 Å². The summed E-state index contributed by atoms with van der Waals surface area (Å²) in [6.07, 6.45) is 5.63. The lowest BCUT2D eigenvalue weighted by molar-refractivity contribution is -0.128. The molecule has 5 rings (SSSR count). The Morgan fingerprint density at radius 3 is 2.33 bits per heavy atom. The second-order valence-electron chi connectivity index (χ2n) is 9.11. The van der Waals surface area contributed by atoms with E-state index in [0.29, 0.717) is 34.0 Å². The summed E-state index contributed by atoms with van der Waals surface area (Å²) in [5, 5.41) is 11.6. The van der Waals surface area contributed by atoms with Crippen molar-refractivity contribution in [2.45, 2.75) is 37.6 Å². The molecule has 0 saturated heterocycles. The quantitative estimate of drug-likeness (QED) is 0.331. The standard InChI is InChI=1S/C28H26Cl2N4O2/c1-31-27(36)28(15-5-2-6-16-28)33-26(35)22-17-32-34-24(22)14-13-21(20-7-3-4-8-23(20)30)25(34)18-9-11-19(29)12-10-18/h3-4,7-14,17H,2,5-6,15-16H2,1H3,(H,31,36)(H,33,35). The molecule has 184 valence electrons. The minimum absolute atomic E-state index is 0.158. The van der Waals surface area contributed by atoms with Gasteiger partial charge in [-0.25, -0.2) is 4.52 Å². The summed E-state index contributed by atoms with van der Waals surface area (Å²) >= 11 is 12.7. The van der Waals surface area contributed by atoms with Gasteiger partial charge >= 0.3 is 0 Å². The van der Waals surface area contributed by atoms with Gasteiger partial charge in [0.25, 0.3) is 5.91 Å². The number of aromatic nitrogens is 2. The maximum atomic E-state index is 13.5. The highest BCUT2D eigenvalue weighted by molar-refractivity contribution is 6.33. The van der Waals surface area contributed by atoms with Crippen molar-refractivity contribution in [2.24, 2.45) is 0 Å². The molecule has 36 heavy (non-hydrogen) atoms. The first-order valence-electron chi connectivity index (χ1n) is 12.0. The molecule has 1 fully saturated rings. The number of benzene rings is 2. The van der Waals surface area contributed by atoms with Gasteiger partial charge in [-0.1, -0.05) is 72.8 Å². The molecular formula is C28H26Cl2N4O2. The molecule has 2 aromatic heterocycles. The van der Waals surface area contributed by atoms with Crippen LogP contribution in [0.25, 0.3) is 27.9 Å². The molecule has 0 bridgehead atoms. The van der Waals surface area contributed by atoms with Gasteiger partial charge in [0.05, 0.1) is 23.0 Å². The number of hydrogen-bond donors (Lipinski definition) is 2. The molecule has 0 spiro atoms. The zero-order chi connectivity index (χ0) is 25.3. The number of fused-ring (bicyclic) bond motifs is 1. The number of rotatable bonds is 5. The Labute approximate surface area is 219 Å². The van der Waals surface area contributed by atoms with E-state index in [9.17, 15) is 9.59 Å². The van der Waals surface area contributed by atoms with Gasteiger partial charge in [0, 0.05) is 33.8 Å². The van der Waals surface area contributed by atoms with E-state index in [1.165, 1.54) is 0 Å². The van der Waals surface area contributed by atoms with Crippen LogP contribution < -0.4 is 10.6 Å². The normalized spacial score (nSPS) is 15.0. The molecule has 0 atom stereocenters. The fraction of sp³-hybridized carbons (Fsp3) is 0.250. The first-order valence-corrected chi connectivity index (χ1v) is 12.8. The molecule has 2 aromatic carbocycles. The van der Waals surface area contributed by atoms with E-state index in [-0.39, 0.29) is 11.8 Å². The van der Waals surface area contributed by atoms with Crippen molar-refractivity contribution in [1.29, 1.82) is 0 Å². The number of likely N-dealkylation sites (N-methyl/N-ethyl adjacent to an activating group) is 1. The maximum absolute atomic E-state index is 13.5. The van der Waals surface area contributed by atoms with Crippen LogP contribution in [0.4, 0.5) is 0 Å². The number of carbonyl (C=O) groups is 2. The molecule has 1 aliphatic rings. The zero-order valence-corrected chi connectivity index (χ0v) is 21.4. The first-order chi connectivity index (χ1) is 17.4. The van der Waals surface area contributed by atoms with Crippen molar-refractivity contribution in [3.05, 3.63) is 82.5 Å². The lowest BCUT2D eigenvalue weighted by Crippen LogP contribution is -2.59. The molecule has 2 heterocycles. The fourth-order valence-electron chi connectivity index (χ4n) is 5.10. The second kappa shape index (κ2) is 9.96. The number of hydrogen-bond acceptors (Lipinski definition) is 3. The van der Waals surface area contributed by atoms with Crippen LogP contribution in [0, 0.1) is 0 Å². The fourth-order valence-corrected chi connectivity index (χ4v) is 5.46. The SMILES string of the molecule is CNC(=O)C1(NC(=O)c2cnn3c(-c4ccc(Cl)cc4)c(-c4ccccc4Cl)ccc23)CCCCC1. The molecule has 1 saturated carbocycles.